The quantitative estimate of drug-likeness (QED) is 0.883. The number of hydrogen-bond acceptors (Lipinski definition) is 1. The lowest BCUT2D eigenvalue weighted by atomic mass is 10.0. The topological polar surface area (TPSA) is 29.1 Å². The molecule has 2 aromatic carbocycles. The van der Waals surface area contributed by atoms with Crippen LogP contribution < -0.4 is 5.32 Å². The largest absolute Gasteiger partial charge is 0.349 e. The van der Waals surface area contributed by atoms with Gasteiger partial charge in [0, 0.05) is 11.6 Å². The standard InChI is InChI=1S/C17H20NO/c1-12(2)11-13(3)18-17(19)16-10-6-8-14-7-4-5-9-15(14)16/h4-10,12-13H,3,11H2,1-2H3,(H,18,19)/t13-/m0/s1. The van der Waals surface area contributed by atoms with Gasteiger partial charge in [-0.3, -0.25) is 4.79 Å². The van der Waals surface area contributed by atoms with Crippen molar-refractivity contribution < 1.29 is 4.79 Å². The molecule has 0 aliphatic rings. The highest BCUT2D eigenvalue weighted by Gasteiger charge is 2.13. The van der Waals surface area contributed by atoms with E-state index in [1.807, 2.05) is 42.5 Å². The summed E-state index contributed by atoms with van der Waals surface area (Å²) in [5.74, 6) is 0.479. The summed E-state index contributed by atoms with van der Waals surface area (Å²) in [6, 6.07) is 13.7. The molecule has 0 saturated carbocycles. The van der Waals surface area contributed by atoms with Crippen LogP contribution in [0.3, 0.4) is 0 Å². The molecule has 99 valence electrons. The van der Waals surface area contributed by atoms with Gasteiger partial charge in [-0.1, -0.05) is 50.2 Å². The molecule has 2 nitrogen and oxygen atoms in total. The van der Waals surface area contributed by atoms with Crippen LogP contribution in [0.15, 0.2) is 42.5 Å². The Bertz CT molecular complexity index is 569. The Balaban J connectivity index is 2.22. The van der Waals surface area contributed by atoms with E-state index >= 15 is 0 Å². The maximum atomic E-state index is 12.3. The highest BCUT2D eigenvalue weighted by molar-refractivity contribution is 6.07. The third-order valence-electron chi connectivity index (χ3n) is 3.13. The molecule has 0 aliphatic carbocycles. The molecule has 1 N–H and O–H groups in total. The molecule has 0 heterocycles. The molecule has 1 radical (unpaired) electrons. The number of rotatable bonds is 4. The van der Waals surface area contributed by atoms with Crippen LogP contribution in [0.25, 0.3) is 10.8 Å². The van der Waals surface area contributed by atoms with Gasteiger partial charge in [0.1, 0.15) is 0 Å². The maximum Gasteiger partial charge on any atom is 0.252 e. The number of carbonyl (C=O) groups is 1. The minimum atomic E-state index is -0.0496. The lowest BCUT2D eigenvalue weighted by Crippen LogP contribution is -2.33. The van der Waals surface area contributed by atoms with E-state index in [0.29, 0.717) is 5.92 Å². The number of benzene rings is 2. The summed E-state index contributed by atoms with van der Waals surface area (Å²) in [7, 11) is 0. The number of carbonyl (C=O) groups excluding carboxylic acids is 1. The van der Waals surface area contributed by atoms with Crippen molar-refractivity contribution >= 4 is 16.7 Å². The number of amides is 1. The molecule has 0 fully saturated rings. The second-order valence-corrected chi connectivity index (χ2v) is 5.33. The van der Waals surface area contributed by atoms with E-state index in [9.17, 15) is 4.79 Å². The van der Waals surface area contributed by atoms with Crippen molar-refractivity contribution in [2.24, 2.45) is 5.92 Å². The van der Waals surface area contributed by atoms with Gasteiger partial charge in [-0.15, -0.1) is 0 Å². The molecule has 0 spiro atoms. The average Bonchev–Trinajstić information content (AvgIpc) is 2.36. The van der Waals surface area contributed by atoms with Gasteiger partial charge in [0.05, 0.1) is 0 Å². The minimum absolute atomic E-state index is 0.0440. The Morgan fingerprint density at radius 3 is 2.58 bits per heavy atom. The molecule has 1 amide bonds. The summed E-state index contributed by atoms with van der Waals surface area (Å²) in [4.78, 5) is 12.3. The van der Waals surface area contributed by atoms with E-state index in [-0.39, 0.29) is 11.9 Å². The molecule has 1 atom stereocenters. The summed E-state index contributed by atoms with van der Waals surface area (Å²) in [5, 5.41) is 5.04. The molecule has 0 unspecified atom stereocenters. The van der Waals surface area contributed by atoms with Gasteiger partial charge < -0.3 is 5.32 Å². The Morgan fingerprint density at radius 1 is 1.16 bits per heavy atom. The van der Waals surface area contributed by atoms with E-state index < -0.39 is 0 Å². The predicted octanol–water partition coefficient (Wildman–Crippen LogP) is 3.82. The van der Waals surface area contributed by atoms with Gasteiger partial charge in [-0.2, -0.15) is 0 Å². The third kappa shape index (κ3) is 3.34. The van der Waals surface area contributed by atoms with Gasteiger partial charge in [-0.05, 0) is 36.1 Å². The molecule has 0 bridgehead atoms. The molecule has 2 rings (SSSR count). The molecular weight excluding hydrogens is 234 g/mol. The van der Waals surface area contributed by atoms with Crippen molar-refractivity contribution in [1.82, 2.24) is 5.32 Å². The van der Waals surface area contributed by atoms with Crippen LogP contribution >= 0.6 is 0 Å². The van der Waals surface area contributed by atoms with Gasteiger partial charge in [0.2, 0.25) is 0 Å². The molecule has 2 heteroatoms. The summed E-state index contributed by atoms with van der Waals surface area (Å²) >= 11 is 0. The minimum Gasteiger partial charge on any atom is -0.349 e. The zero-order valence-electron chi connectivity index (χ0n) is 11.5. The van der Waals surface area contributed by atoms with Crippen molar-refractivity contribution in [2.75, 3.05) is 0 Å². The van der Waals surface area contributed by atoms with Crippen LogP contribution in [0.2, 0.25) is 0 Å². The van der Waals surface area contributed by atoms with Gasteiger partial charge >= 0.3 is 0 Å². The first-order valence-electron chi connectivity index (χ1n) is 6.69. The fraction of sp³-hybridized carbons (Fsp3) is 0.294. The van der Waals surface area contributed by atoms with Gasteiger partial charge in [0.15, 0.2) is 0 Å². The Labute approximate surface area is 114 Å². The Kier molecular flexibility index (Phi) is 4.20. The highest BCUT2D eigenvalue weighted by Crippen LogP contribution is 2.18. The van der Waals surface area contributed by atoms with Crippen molar-refractivity contribution in [3.8, 4) is 0 Å². The van der Waals surface area contributed by atoms with E-state index in [1.165, 1.54) is 0 Å². The average molecular weight is 254 g/mol. The molecule has 0 aliphatic heterocycles. The fourth-order valence-corrected chi connectivity index (χ4v) is 2.31. The van der Waals surface area contributed by atoms with Crippen LogP contribution in [0.5, 0.6) is 0 Å². The molecular formula is C17H20NO. The highest BCUT2D eigenvalue weighted by atomic mass is 16.1. The first kappa shape index (κ1) is 13.6. The van der Waals surface area contributed by atoms with Crippen molar-refractivity contribution in [2.45, 2.75) is 26.3 Å². The SMILES string of the molecule is [CH2][C@@H](CC(C)C)NC(=O)c1cccc2ccccc12. The molecule has 19 heavy (non-hydrogen) atoms. The van der Waals surface area contributed by atoms with E-state index in [0.717, 1.165) is 22.8 Å². The van der Waals surface area contributed by atoms with Crippen LogP contribution in [-0.2, 0) is 0 Å². The zero-order chi connectivity index (χ0) is 13.8. The van der Waals surface area contributed by atoms with Crippen LogP contribution in [0.1, 0.15) is 30.6 Å². The van der Waals surface area contributed by atoms with Crippen molar-refractivity contribution in [1.29, 1.82) is 0 Å². The normalized spacial score (nSPS) is 12.6. The first-order valence-corrected chi connectivity index (χ1v) is 6.69. The number of nitrogens with one attached hydrogen (secondary N) is 1. The maximum absolute atomic E-state index is 12.3. The lowest BCUT2D eigenvalue weighted by molar-refractivity contribution is 0.0942. The molecule has 0 aromatic heterocycles. The number of hydrogen-bond donors (Lipinski definition) is 1. The zero-order valence-corrected chi connectivity index (χ0v) is 11.5. The predicted molar refractivity (Wildman–Crippen MR) is 80.0 cm³/mol. The molecule has 0 saturated heterocycles. The van der Waals surface area contributed by atoms with E-state index in [2.05, 4.69) is 26.1 Å². The first-order chi connectivity index (χ1) is 9.08. The smallest absolute Gasteiger partial charge is 0.252 e. The Morgan fingerprint density at radius 2 is 1.84 bits per heavy atom. The number of fused-ring (bicyclic) bond motifs is 1. The lowest BCUT2D eigenvalue weighted by Gasteiger charge is -2.16. The van der Waals surface area contributed by atoms with E-state index in [1.54, 1.807) is 0 Å². The van der Waals surface area contributed by atoms with Crippen LogP contribution in [-0.4, -0.2) is 11.9 Å². The summed E-state index contributed by atoms with van der Waals surface area (Å²) in [5.41, 5.74) is 0.718. The summed E-state index contributed by atoms with van der Waals surface area (Å²) < 4.78 is 0. The van der Waals surface area contributed by atoms with Gasteiger partial charge in [0.25, 0.3) is 5.91 Å². The fourth-order valence-electron chi connectivity index (χ4n) is 2.31. The van der Waals surface area contributed by atoms with Crippen molar-refractivity contribution in [3.63, 3.8) is 0 Å². The van der Waals surface area contributed by atoms with Crippen molar-refractivity contribution in [3.05, 3.63) is 55.0 Å². The monoisotopic (exact) mass is 254 g/mol. The summed E-state index contributed by atoms with van der Waals surface area (Å²) in [6.45, 7) is 8.25. The summed E-state index contributed by atoms with van der Waals surface area (Å²) in [6.07, 6.45) is 0.885. The van der Waals surface area contributed by atoms with Gasteiger partial charge in [-0.25, -0.2) is 0 Å². The Hall–Kier alpha value is -1.83. The second kappa shape index (κ2) is 5.87. The molecule has 2 aromatic rings. The third-order valence-corrected chi connectivity index (χ3v) is 3.13. The van der Waals surface area contributed by atoms with Crippen LogP contribution in [0, 0.1) is 12.8 Å². The van der Waals surface area contributed by atoms with Crippen LogP contribution in [0.4, 0.5) is 0 Å². The van der Waals surface area contributed by atoms with E-state index in [4.69, 9.17) is 0 Å². The second-order valence-electron chi connectivity index (χ2n) is 5.33.